The molecule has 0 radical (unpaired) electrons. The lowest BCUT2D eigenvalue weighted by Gasteiger charge is -2.24. The van der Waals surface area contributed by atoms with Crippen molar-refractivity contribution in [1.29, 1.82) is 5.26 Å². The number of aromatic nitrogens is 4. The van der Waals surface area contributed by atoms with Gasteiger partial charge in [0.15, 0.2) is 23.0 Å². The number of benzene rings is 2. The molecule has 41 heavy (non-hydrogen) atoms. The number of nitrogens with two attached hydrogens (primary N) is 1. The van der Waals surface area contributed by atoms with Crippen molar-refractivity contribution in [3.63, 3.8) is 0 Å². The molecule has 1 amide bonds. The lowest BCUT2D eigenvalue weighted by atomic mass is 10.1. The summed E-state index contributed by atoms with van der Waals surface area (Å²) in [6, 6.07) is 8.70. The molecule has 3 heterocycles. The number of para-hydroxylation sites is 1. The molecule has 210 valence electrons. The quantitative estimate of drug-likeness (QED) is 0.237. The average Bonchev–Trinajstić information content (AvgIpc) is 3.55. The van der Waals surface area contributed by atoms with Gasteiger partial charge in [-0.2, -0.15) is 10.4 Å². The highest BCUT2D eigenvalue weighted by atomic mass is 19.1. The highest BCUT2D eigenvalue weighted by molar-refractivity contribution is 5.99. The van der Waals surface area contributed by atoms with E-state index in [1.165, 1.54) is 24.5 Å². The number of hydrogen-bond acceptors (Lipinski definition) is 7. The number of halogens is 3. The summed E-state index contributed by atoms with van der Waals surface area (Å²) in [5.41, 5.74) is 6.80. The number of hydrogen-bond donors (Lipinski definition) is 1. The van der Waals surface area contributed by atoms with Crippen LogP contribution >= 0.6 is 0 Å². The summed E-state index contributed by atoms with van der Waals surface area (Å²) in [6.07, 6.45) is 4.34. The van der Waals surface area contributed by atoms with E-state index in [-0.39, 0.29) is 52.8 Å². The van der Waals surface area contributed by atoms with E-state index in [0.717, 1.165) is 24.6 Å². The molecule has 4 aromatic rings. The van der Waals surface area contributed by atoms with E-state index in [0.29, 0.717) is 24.0 Å². The topological polar surface area (TPSA) is 123 Å². The molecule has 2 aromatic heterocycles. The van der Waals surface area contributed by atoms with Crippen LogP contribution in [0.2, 0.25) is 0 Å². The molecule has 1 aliphatic rings. The Bertz CT molecular complexity index is 1690. The Balaban J connectivity index is 1.49. The summed E-state index contributed by atoms with van der Waals surface area (Å²) in [4.78, 5) is 23.2. The van der Waals surface area contributed by atoms with E-state index < -0.39 is 23.2 Å². The monoisotopic (exact) mass is 561 g/mol. The smallest absolute Gasteiger partial charge is 0.264 e. The minimum Gasteiger partial charge on any atom is -0.451 e. The number of nitrogens with zero attached hydrogens (tertiary/aromatic N) is 6. The van der Waals surface area contributed by atoms with Gasteiger partial charge in [0.05, 0.1) is 18.0 Å². The lowest BCUT2D eigenvalue weighted by molar-refractivity contribution is -0.127. The molecule has 0 saturated carbocycles. The first kappa shape index (κ1) is 27.6. The van der Waals surface area contributed by atoms with E-state index in [4.69, 9.17) is 10.5 Å². The number of ether oxygens (including phenoxy) is 1. The Morgan fingerprint density at radius 2 is 1.95 bits per heavy atom. The van der Waals surface area contributed by atoms with E-state index in [1.807, 2.05) is 19.9 Å². The van der Waals surface area contributed by atoms with Crippen LogP contribution in [0.4, 0.5) is 19.0 Å². The van der Waals surface area contributed by atoms with Crippen LogP contribution in [-0.4, -0.2) is 43.1 Å². The average molecular weight is 562 g/mol. The number of nitrogen functional groups attached to an aromatic ring is 1. The normalized spacial score (nSPS) is 15.5. The third-order valence-electron chi connectivity index (χ3n) is 6.77. The molecular formula is C29H26F3N7O2. The third kappa shape index (κ3) is 5.43. The van der Waals surface area contributed by atoms with Crippen LogP contribution in [0.15, 0.2) is 54.4 Å². The second kappa shape index (κ2) is 11.3. The molecule has 0 unspecified atom stereocenters. The summed E-state index contributed by atoms with van der Waals surface area (Å²) in [5.74, 6) is -3.63. The molecule has 12 heteroatoms. The maximum absolute atomic E-state index is 15.4. The molecule has 1 atom stereocenters. The van der Waals surface area contributed by atoms with E-state index in [9.17, 15) is 18.8 Å². The second-order valence-electron chi connectivity index (χ2n) is 10.0. The van der Waals surface area contributed by atoms with Crippen molar-refractivity contribution in [3.05, 3.63) is 71.8 Å². The van der Waals surface area contributed by atoms with Gasteiger partial charge in [0.1, 0.15) is 41.0 Å². The predicted molar refractivity (Wildman–Crippen MR) is 145 cm³/mol. The maximum Gasteiger partial charge on any atom is 0.264 e. The maximum atomic E-state index is 15.4. The summed E-state index contributed by atoms with van der Waals surface area (Å²) < 4.78 is 50.3. The van der Waals surface area contributed by atoms with Crippen LogP contribution in [-0.2, 0) is 11.3 Å². The highest BCUT2D eigenvalue weighted by Crippen LogP contribution is 2.35. The standard InChI is InChI=1S/C29H26F3N7O2/c1-16(2)11-17(13-33)29(40)38-10-4-5-18(38)14-39-28-24(27(34)35-15-36-28)25(37-39)20-9-8-19(12-23(20)32)41-26-21(30)6-3-7-22(26)31/h3,6-9,11-12,15-16,18H,4-5,10,14H2,1-2H3,(H2,34,35,36)/t18-/m1/s1. The minimum atomic E-state index is -0.926. The first-order valence-electron chi connectivity index (χ1n) is 13.0. The van der Waals surface area contributed by atoms with Gasteiger partial charge in [-0.3, -0.25) is 4.79 Å². The zero-order valence-electron chi connectivity index (χ0n) is 22.3. The van der Waals surface area contributed by atoms with Gasteiger partial charge < -0.3 is 15.4 Å². The SMILES string of the molecule is CC(C)C=C(C#N)C(=O)N1CCC[C@@H]1Cn1nc(-c2ccc(Oc3c(F)cccc3F)cc2F)c2c(N)ncnc21. The van der Waals surface area contributed by atoms with Crippen LogP contribution in [0.3, 0.4) is 0 Å². The Kier molecular flexibility index (Phi) is 7.61. The van der Waals surface area contributed by atoms with Crippen LogP contribution in [0, 0.1) is 34.7 Å². The zero-order valence-corrected chi connectivity index (χ0v) is 22.3. The Morgan fingerprint density at radius 3 is 2.63 bits per heavy atom. The number of rotatable bonds is 7. The van der Waals surface area contributed by atoms with Crippen molar-refractivity contribution < 1.29 is 22.7 Å². The number of fused-ring (bicyclic) bond motifs is 1. The fourth-order valence-corrected chi connectivity index (χ4v) is 4.93. The molecule has 2 N–H and O–H groups in total. The first-order valence-corrected chi connectivity index (χ1v) is 13.0. The number of carbonyl (C=O) groups is 1. The minimum absolute atomic E-state index is 0.0318. The Hall–Kier alpha value is -4.92. The molecule has 0 spiro atoms. The highest BCUT2D eigenvalue weighted by Gasteiger charge is 2.32. The summed E-state index contributed by atoms with van der Waals surface area (Å²) in [7, 11) is 0. The van der Waals surface area contributed by atoms with Gasteiger partial charge in [0, 0.05) is 18.2 Å². The summed E-state index contributed by atoms with van der Waals surface area (Å²) in [5, 5.41) is 14.5. The van der Waals surface area contributed by atoms with Crippen molar-refractivity contribution in [3.8, 4) is 28.8 Å². The number of likely N-dealkylation sites (tertiary alicyclic amines) is 1. The number of amides is 1. The largest absolute Gasteiger partial charge is 0.451 e. The van der Waals surface area contributed by atoms with Gasteiger partial charge in [-0.1, -0.05) is 26.0 Å². The van der Waals surface area contributed by atoms with E-state index >= 15 is 4.39 Å². The molecule has 9 nitrogen and oxygen atoms in total. The van der Waals surface area contributed by atoms with Crippen LogP contribution in [0.25, 0.3) is 22.3 Å². The van der Waals surface area contributed by atoms with Crippen molar-refractivity contribution in [2.75, 3.05) is 12.3 Å². The van der Waals surface area contributed by atoms with E-state index in [2.05, 4.69) is 15.1 Å². The predicted octanol–water partition coefficient (Wildman–Crippen LogP) is 5.38. The van der Waals surface area contributed by atoms with Gasteiger partial charge in [-0.15, -0.1) is 0 Å². The van der Waals surface area contributed by atoms with E-state index in [1.54, 1.807) is 15.7 Å². The fourth-order valence-electron chi connectivity index (χ4n) is 4.93. The van der Waals surface area contributed by atoms with Crippen molar-refractivity contribution >= 4 is 22.8 Å². The zero-order chi connectivity index (χ0) is 29.3. The van der Waals surface area contributed by atoms with Crippen LogP contribution < -0.4 is 10.5 Å². The van der Waals surface area contributed by atoms with Gasteiger partial charge in [0.2, 0.25) is 0 Å². The van der Waals surface area contributed by atoms with Crippen molar-refractivity contribution in [2.24, 2.45) is 5.92 Å². The molecular weight excluding hydrogens is 535 g/mol. The number of allylic oxidation sites excluding steroid dienone is 1. The Labute approximate surface area is 233 Å². The molecule has 0 bridgehead atoms. The molecule has 0 aliphatic carbocycles. The summed E-state index contributed by atoms with van der Waals surface area (Å²) in [6.45, 7) is 4.50. The van der Waals surface area contributed by atoms with Gasteiger partial charge >= 0.3 is 0 Å². The van der Waals surface area contributed by atoms with Crippen LogP contribution in [0.5, 0.6) is 11.5 Å². The van der Waals surface area contributed by atoms with Crippen molar-refractivity contribution in [2.45, 2.75) is 39.3 Å². The summed E-state index contributed by atoms with van der Waals surface area (Å²) >= 11 is 0. The first-order chi connectivity index (χ1) is 19.7. The Morgan fingerprint density at radius 1 is 1.20 bits per heavy atom. The molecule has 1 saturated heterocycles. The molecule has 2 aromatic carbocycles. The molecule has 1 aliphatic heterocycles. The lowest BCUT2D eigenvalue weighted by Crippen LogP contribution is -2.39. The fraction of sp³-hybridized carbons (Fsp3) is 0.276. The molecule has 5 rings (SSSR count). The number of carbonyl (C=O) groups excluding carboxylic acids is 1. The van der Waals surface area contributed by atoms with Crippen molar-refractivity contribution in [1.82, 2.24) is 24.6 Å². The van der Waals surface area contributed by atoms with Gasteiger partial charge in [-0.05, 0) is 43.0 Å². The number of anilines is 1. The van der Waals surface area contributed by atoms with Gasteiger partial charge in [0.25, 0.3) is 5.91 Å². The van der Waals surface area contributed by atoms with Crippen LogP contribution in [0.1, 0.15) is 26.7 Å². The molecule has 1 fully saturated rings. The second-order valence-corrected chi connectivity index (χ2v) is 10.0. The number of nitriles is 1. The third-order valence-corrected chi connectivity index (χ3v) is 6.77. The van der Waals surface area contributed by atoms with Gasteiger partial charge in [-0.25, -0.2) is 27.8 Å².